The molecule has 0 spiro atoms. The van der Waals surface area contributed by atoms with Crippen LogP contribution in [-0.4, -0.2) is 61.8 Å². The number of rotatable bonds is 7. The Labute approximate surface area is 139 Å². The van der Waals surface area contributed by atoms with E-state index >= 15 is 0 Å². The highest BCUT2D eigenvalue weighted by atomic mass is 16.6. The first-order valence-corrected chi connectivity index (χ1v) is 8.43. The van der Waals surface area contributed by atoms with E-state index in [9.17, 15) is 4.79 Å². The molecule has 1 heterocycles. The minimum absolute atomic E-state index is 0.233. The van der Waals surface area contributed by atoms with Gasteiger partial charge >= 0.3 is 6.09 Å². The molecule has 0 atom stereocenters. The summed E-state index contributed by atoms with van der Waals surface area (Å²) >= 11 is 0. The number of likely N-dealkylation sites (tertiary alicyclic amines) is 1. The third-order valence-electron chi connectivity index (χ3n) is 4.40. The molecule has 0 saturated carbocycles. The molecule has 0 aromatic heterocycles. The van der Waals surface area contributed by atoms with Gasteiger partial charge in [-0.05, 0) is 25.3 Å². The molecule has 0 bridgehead atoms. The molecule has 128 valence electrons. The first-order chi connectivity index (χ1) is 11.2. The molecular formula is C18H28N2O3. The number of likely N-dealkylation sites (N-methyl/N-ethyl adjacent to an activating group) is 1. The quantitative estimate of drug-likeness (QED) is 0.775. The smallest absolute Gasteiger partial charge is 0.410 e. The second-order valence-corrected chi connectivity index (χ2v) is 5.90. The summed E-state index contributed by atoms with van der Waals surface area (Å²) in [5.74, 6) is 0. The molecule has 23 heavy (non-hydrogen) atoms. The monoisotopic (exact) mass is 320 g/mol. The maximum atomic E-state index is 12.2. The first kappa shape index (κ1) is 17.8. The zero-order valence-electron chi connectivity index (χ0n) is 14.2. The topological polar surface area (TPSA) is 42.0 Å². The van der Waals surface area contributed by atoms with Gasteiger partial charge in [-0.2, -0.15) is 0 Å². The lowest BCUT2D eigenvalue weighted by atomic mass is 10.1. The number of methoxy groups -OCH3 is 1. The third kappa shape index (κ3) is 5.84. The van der Waals surface area contributed by atoms with E-state index in [2.05, 4.69) is 4.90 Å². The van der Waals surface area contributed by atoms with Crippen molar-refractivity contribution in [3.8, 4) is 0 Å². The van der Waals surface area contributed by atoms with Crippen LogP contribution in [0.4, 0.5) is 4.79 Å². The summed E-state index contributed by atoms with van der Waals surface area (Å²) < 4.78 is 10.8. The molecule has 1 amide bonds. The number of carbonyl (C=O) groups excluding carboxylic acids is 1. The van der Waals surface area contributed by atoms with Crippen LogP contribution in [0.25, 0.3) is 0 Å². The number of carbonyl (C=O) groups is 1. The zero-order valence-corrected chi connectivity index (χ0v) is 14.2. The molecule has 2 rings (SSSR count). The summed E-state index contributed by atoms with van der Waals surface area (Å²) in [6, 6.07) is 9.78. The Morgan fingerprint density at radius 2 is 1.96 bits per heavy atom. The van der Waals surface area contributed by atoms with Crippen molar-refractivity contribution < 1.29 is 14.3 Å². The maximum Gasteiger partial charge on any atom is 0.410 e. The highest BCUT2D eigenvalue weighted by Gasteiger charge is 2.20. The van der Waals surface area contributed by atoms with Crippen molar-refractivity contribution in [3.05, 3.63) is 35.9 Å². The van der Waals surface area contributed by atoms with Gasteiger partial charge in [0.1, 0.15) is 6.61 Å². The summed E-state index contributed by atoms with van der Waals surface area (Å²) in [5, 5.41) is 0. The average Bonchev–Trinajstić information content (AvgIpc) is 2.62. The van der Waals surface area contributed by atoms with Crippen LogP contribution in [0.5, 0.6) is 0 Å². The van der Waals surface area contributed by atoms with Crippen molar-refractivity contribution in [3.63, 3.8) is 0 Å². The molecule has 5 heteroatoms. The second kappa shape index (κ2) is 9.53. The average molecular weight is 320 g/mol. The molecule has 1 saturated heterocycles. The van der Waals surface area contributed by atoms with Crippen LogP contribution in [-0.2, 0) is 16.1 Å². The molecule has 1 aromatic rings. The predicted octanol–water partition coefficient (Wildman–Crippen LogP) is 2.76. The van der Waals surface area contributed by atoms with E-state index in [4.69, 9.17) is 9.47 Å². The lowest BCUT2D eigenvalue weighted by Crippen LogP contribution is -2.43. The highest BCUT2D eigenvalue weighted by Crippen LogP contribution is 2.12. The summed E-state index contributed by atoms with van der Waals surface area (Å²) in [6.45, 7) is 6.66. The van der Waals surface area contributed by atoms with Crippen molar-refractivity contribution in [2.24, 2.45) is 0 Å². The van der Waals surface area contributed by atoms with Crippen LogP contribution in [0.2, 0.25) is 0 Å². The van der Waals surface area contributed by atoms with Gasteiger partial charge in [-0.1, -0.05) is 30.3 Å². The molecule has 1 fully saturated rings. The van der Waals surface area contributed by atoms with Crippen LogP contribution in [0.1, 0.15) is 25.3 Å². The fourth-order valence-corrected chi connectivity index (χ4v) is 2.82. The van der Waals surface area contributed by atoms with Gasteiger partial charge in [0, 0.05) is 39.8 Å². The number of ether oxygens (including phenoxy) is 2. The number of nitrogens with zero attached hydrogens (tertiary/aromatic N) is 2. The fraction of sp³-hybridized carbons (Fsp3) is 0.611. The van der Waals surface area contributed by atoms with Gasteiger partial charge in [0.05, 0.1) is 6.10 Å². The summed E-state index contributed by atoms with van der Waals surface area (Å²) in [7, 11) is 1.78. The van der Waals surface area contributed by atoms with Crippen LogP contribution in [0.3, 0.4) is 0 Å². The number of hydrogen-bond donors (Lipinski definition) is 0. The van der Waals surface area contributed by atoms with Gasteiger partial charge in [-0.3, -0.25) is 0 Å². The summed E-state index contributed by atoms with van der Waals surface area (Å²) in [5.41, 5.74) is 1.01. The standard InChI is InChI=1S/C18H28N2O3/c1-3-20(14-13-19-11-9-17(22-2)10-12-19)18(21)23-15-16-7-5-4-6-8-16/h4-8,17H,3,9-15H2,1-2H3. The van der Waals surface area contributed by atoms with Gasteiger partial charge in [0.15, 0.2) is 0 Å². The van der Waals surface area contributed by atoms with E-state index in [1.807, 2.05) is 37.3 Å². The van der Waals surface area contributed by atoms with Gasteiger partial charge in [0.2, 0.25) is 0 Å². The largest absolute Gasteiger partial charge is 0.445 e. The van der Waals surface area contributed by atoms with Crippen molar-refractivity contribution in [2.75, 3.05) is 39.8 Å². The first-order valence-electron chi connectivity index (χ1n) is 8.43. The van der Waals surface area contributed by atoms with Gasteiger partial charge in [-0.25, -0.2) is 4.79 Å². The minimum atomic E-state index is -0.233. The van der Waals surface area contributed by atoms with Crippen molar-refractivity contribution in [1.29, 1.82) is 0 Å². The Bertz CT molecular complexity index is 459. The van der Waals surface area contributed by atoms with E-state index in [0.717, 1.165) is 38.0 Å². The second-order valence-electron chi connectivity index (χ2n) is 5.90. The normalized spacial score (nSPS) is 16.3. The Morgan fingerprint density at radius 3 is 2.57 bits per heavy atom. The van der Waals surface area contributed by atoms with Crippen LogP contribution < -0.4 is 0 Å². The number of piperidine rings is 1. The predicted molar refractivity (Wildman–Crippen MR) is 90.3 cm³/mol. The molecule has 0 N–H and O–H groups in total. The van der Waals surface area contributed by atoms with E-state index in [1.54, 1.807) is 12.0 Å². The van der Waals surface area contributed by atoms with Crippen LogP contribution >= 0.6 is 0 Å². The van der Waals surface area contributed by atoms with Gasteiger partial charge in [-0.15, -0.1) is 0 Å². The number of hydrogen-bond acceptors (Lipinski definition) is 4. The van der Waals surface area contributed by atoms with Crippen LogP contribution in [0, 0.1) is 0 Å². The summed E-state index contributed by atoms with van der Waals surface area (Å²) in [6.07, 6.45) is 2.30. The SMILES string of the molecule is CCN(CCN1CCC(OC)CC1)C(=O)OCc1ccccc1. The lowest BCUT2D eigenvalue weighted by molar-refractivity contribution is 0.0370. The van der Waals surface area contributed by atoms with E-state index in [1.165, 1.54) is 0 Å². The van der Waals surface area contributed by atoms with Gasteiger partial charge < -0.3 is 19.3 Å². The Kier molecular flexibility index (Phi) is 7.36. The zero-order chi connectivity index (χ0) is 16.5. The van der Waals surface area contributed by atoms with E-state index in [-0.39, 0.29) is 6.09 Å². The molecule has 1 aliphatic rings. The molecule has 0 unspecified atom stereocenters. The van der Waals surface area contributed by atoms with Crippen molar-refractivity contribution in [1.82, 2.24) is 9.80 Å². The van der Waals surface area contributed by atoms with Crippen molar-refractivity contribution in [2.45, 2.75) is 32.5 Å². The van der Waals surface area contributed by atoms with Crippen LogP contribution in [0.15, 0.2) is 30.3 Å². The van der Waals surface area contributed by atoms with E-state index in [0.29, 0.717) is 25.8 Å². The molecular weight excluding hydrogens is 292 g/mol. The van der Waals surface area contributed by atoms with Gasteiger partial charge in [0.25, 0.3) is 0 Å². The minimum Gasteiger partial charge on any atom is -0.445 e. The highest BCUT2D eigenvalue weighted by molar-refractivity contribution is 5.67. The molecule has 1 aliphatic heterocycles. The fourth-order valence-electron chi connectivity index (χ4n) is 2.82. The molecule has 0 aliphatic carbocycles. The Balaban J connectivity index is 1.70. The maximum absolute atomic E-state index is 12.2. The Morgan fingerprint density at radius 1 is 1.26 bits per heavy atom. The number of amides is 1. The van der Waals surface area contributed by atoms with Crippen molar-refractivity contribution >= 4 is 6.09 Å². The number of benzene rings is 1. The molecule has 0 radical (unpaired) electrons. The molecule has 1 aromatic carbocycles. The Hall–Kier alpha value is -1.59. The van der Waals surface area contributed by atoms with E-state index < -0.39 is 0 Å². The summed E-state index contributed by atoms with van der Waals surface area (Å²) in [4.78, 5) is 16.3. The third-order valence-corrected chi connectivity index (χ3v) is 4.40. The molecule has 5 nitrogen and oxygen atoms in total. The lowest BCUT2D eigenvalue weighted by Gasteiger charge is -2.32.